The molecule has 1 aliphatic heterocycles. The molecule has 5 rings (SSSR count). The van der Waals surface area contributed by atoms with Crippen LogP contribution in [-0.4, -0.2) is 39.8 Å². The average molecular weight is 611 g/mol. The third-order valence-corrected chi connectivity index (χ3v) is 6.94. The lowest BCUT2D eigenvalue weighted by atomic mass is 10.1. The van der Waals surface area contributed by atoms with E-state index in [-0.39, 0.29) is 18.3 Å². The minimum Gasteiger partial charge on any atom is -0.351 e. The number of halogens is 2. The quantitative estimate of drug-likeness (QED) is 0.291. The van der Waals surface area contributed by atoms with E-state index in [2.05, 4.69) is 27.9 Å². The normalized spacial score (nSPS) is 15.2. The number of amides is 3. The van der Waals surface area contributed by atoms with E-state index in [1.807, 2.05) is 48.7 Å². The highest BCUT2D eigenvalue weighted by Gasteiger charge is 2.36. The number of urea groups is 1. The number of hydrogen-bond acceptors (Lipinski definition) is 4. The van der Waals surface area contributed by atoms with Gasteiger partial charge in [-0.1, -0.05) is 24.3 Å². The summed E-state index contributed by atoms with van der Waals surface area (Å²) in [6, 6.07) is 20.7. The zero-order chi connectivity index (χ0) is 25.9. The summed E-state index contributed by atoms with van der Waals surface area (Å²) in [7, 11) is 0. The second-order valence-electron chi connectivity index (χ2n) is 8.52. The molecule has 10 heteroatoms. The number of para-hydroxylation sites is 1. The molecule has 4 aromatic rings. The summed E-state index contributed by atoms with van der Waals surface area (Å²) in [6.45, 7) is 0.380. The van der Waals surface area contributed by atoms with Crippen LogP contribution in [0.4, 0.5) is 14.9 Å². The maximum absolute atomic E-state index is 13.6. The molecule has 188 valence electrons. The topological polar surface area (TPSA) is 102 Å². The van der Waals surface area contributed by atoms with E-state index in [1.165, 1.54) is 12.1 Å². The monoisotopic (exact) mass is 611 g/mol. The van der Waals surface area contributed by atoms with Crippen molar-refractivity contribution in [2.24, 2.45) is 5.73 Å². The van der Waals surface area contributed by atoms with E-state index in [0.29, 0.717) is 24.3 Å². The molecule has 3 amide bonds. The molecular weight excluding hydrogens is 588 g/mol. The molecule has 0 unspecified atom stereocenters. The van der Waals surface area contributed by atoms with Gasteiger partial charge in [0.05, 0.1) is 11.4 Å². The van der Waals surface area contributed by atoms with Crippen LogP contribution in [0.15, 0.2) is 79.0 Å². The van der Waals surface area contributed by atoms with Crippen molar-refractivity contribution >= 4 is 40.2 Å². The van der Waals surface area contributed by atoms with E-state index in [0.717, 1.165) is 25.9 Å². The number of nitrogens with zero attached hydrogens (tertiary/aromatic N) is 3. The smallest absolute Gasteiger partial charge is 0.316 e. The van der Waals surface area contributed by atoms with Crippen LogP contribution in [-0.2, 0) is 16.0 Å². The largest absolute Gasteiger partial charge is 0.351 e. The third kappa shape index (κ3) is 5.49. The van der Waals surface area contributed by atoms with Crippen LogP contribution in [0.1, 0.15) is 17.4 Å². The molecule has 0 aliphatic carbocycles. The van der Waals surface area contributed by atoms with Gasteiger partial charge in [-0.25, -0.2) is 13.9 Å². The van der Waals surface area contributed by atoms with Gasteiger partial charge >= 0.3 is 6.03 Å². The predicted molar refractivity (Wildman–Crippen MR) is 145 cm³/mol. The molecule has 1 aliphatic rings. The van der Waals surface area contributed by atoms with E-state index >= 15 is 0 Å². The zero-order valence-corrected chi connectivity index (χ0v) is 21.8. The number of carbonyl (C=O) groups excluding carboxylic acids is 2. The van der Waals surface area contributed by atoms with Crippen molar-refractivity contribution in [3.63, 3.8) is 0 Å². The second-order valence-corrected chi connectivity index (χ2v) is 9.69. The van der Waals surface area contributed by atoms with E-state index in [1.54, 1.807) is 27.8 Å². The van der Waals surface area contributed by atoms with Gasteiger partial charge in [0.25, 0.3) is 5.91 Å². The minimum atomic E-state index is -0.639. The summed E-state index contributed by atoms with van der Waals surface area (Å²) in [6.07, 6.45) is 1.80. The van der Waals surface area contributed by atoms with Crippen molar-refractivity contribution in [1.82, 2.24) is 14.7 Å². The molecule has 1 fully saturated rings. The number of rotatable bonds is 7. The Bertz CT molecular complexity index is 1440. The number of aromatic nitrogens is 2. The lowest BCUT2D eigenvalue weighted by Crippen LogP contribution is -2.30. The number of anilines is 1. The molecule has 1 aromatic heterocycles. The molecule has 8 nitrogen and oxygen atoms in total. The fraction of sp³-hybridized carbons (Fsp3) is 0.148. The highest BCUT2D eigenvalue weighted by molar-refractivity contribution is 14.1. The molecule has 1 atom stereocenters. The maximum atomic E-state index is 13.6. The lowest BCUT2D eigenvalue weighted by Gasteiger charge is -2.23. The summed E-state index contributed by atoms with van der Waals surface area (Å²) in [5, 5.41) is 7.37. The summed E-state index contributed by atoms with van der Waals surface area (Å²) < 4.78 is 22.2. The molecule has 2 heterocycles. The Kier molecular flexibility index (Phi) is 7.19. The first-order chi connectivity index (χ1) is 17.9. The van der Waals surface area contributed by atoms with Gasteiger partial charge < -0.3 is 20.7 Å². The minimum absolute atomic E-state index is 0.0386. The van der Waals surface area contributed by atoms with Crippen LogP contribution in [0.2, 0.25) is 0 Å². The lowest BCUT2D eigenvalue weighted by molar-refractivity contribution is -0.128. The molecule has 3 N–H and O–H groups in total. The van der Waals surface area contributed by atoms with Crippen molar-refractivity contribution in [3.05, 3.63) is 99.5 Å². The van der Waals surface area contributed by atoms with Gasteiger partial charge in [-0.2, -0.15) is 5.10 Å². The fourth-order valence-corrected chi connectivity index (χ4v) is 4.98. The van der Waals surface area contributed by atoms with Crippen molar-refractivity contribution in [3.8, 4) is 16.9 Å². The SMILES string of the molecule is NC(=O)Nc1ccc(CCN2C(=O)CO[C@@H]2c2cn(-c3ccccc3)nc2-c2ccc(F)cc2)cc1I. The van der Waals surface area contributed by atoms with E-state index < -0.39 is 12.3 Å². The Morgan fingerprint density at radius 2 is 1.89 bits per heavy atom. The van der Waals surface area contributed by atoms with E-state index in [9.17, 15) is 14.0 Å². The molecule has 0 spiro atoms. The molecular formula is C27H23FIN5O3. The zero-order valence-electron chi connectivity index (χ0n) is 19.6. The van der Waals surface area contributed by atoms with Gasteiger partial charge in [0.2, 0.25) is 0 Å². The van der Waals surface area contributed by atoms with Gasteiger partial charge in [-0.3, -0.25) is 4.79 Å². The van der Waals surface area contributed by atoms with Gasteiger partial charge in [0.1, 0.15) is 18.1 Å². The Hall–Kier alpha value is -3.77. The highest BCUT2D eigenvalue weighted by atomic mass is 127. The standard InChI is InChI=1S/C27H23FIN5O3/c28-19-9-7-18(8-10-19)25-21(15-34(32-25)20-4-2-1-3-5-20)26-33(24(35)16-37-26)13-12-17-6-11-23(22(29)14-17)31-27(30)36/h1-11,14-15,26H,12-13,16H2,(H3,30,31,36)/t26-/m1/s1. The number of nitrogens with one attached hydrogen (secondary N) is 1. The van der Waals surface area contributed by atoms with Crippen molar-refractivity contribution in [2.45, 2.75) is 12.6 Å². The van der Waals surface area contributed by atoms with Gasteiger partial charge in [0, 0.05) is 27.4 Å². The van der Waals surface area contributed by atoms with Crippen LogP contribution in [0, 0.1) is 9.39 Å². The first-order valence-electron chi connectivity index (χ1n) is 11.6. The Morgan fingerprint density at radius 1 is 1.14 bits per heavy atom. The third-order valence-electron chi connectivity index (χ3n) is 6.05. The first kappa shape index (κ1) is 24.9. The highest BCUT2D eigenvalue weighted by Crippen LogP contribution is 2.35. The van der Waals surface area contributed by atoms with Crippen molar-refractivity contribution in [2.75, 3.05) is 18.5 Å². The second kappa shape index (κ2) is 10.7. The Labute approximate surface area is 226 Å². The van der Waals surface area contributed by atoms with Crippen molar-refractivity contribution in [1.29, 1.82) is 0 Å². The molecule has 1 saturated heterocycles. The maximum Gasteiger partial charge on any atom is 0.316 e. The number of primary amides is 1. The number of nitrogens with two attached hydrogens (primary N) is 1. The Balaban J connectivity index is 1.44. The summed E-state index contributed by atoms with van der Waals surface area (Å²) in [5.74, 6) is -0.461. The fourth-order valence-electron chi connectivity index (χ4n) is 4.26. The average Bonchev–Trinajstić information content (AvgIpc) is 3.48. The number of hydrogen-bond donors (Lipinski definition) is 2. The number of ether oxygens (including phenoxy) is 1. The van der Waals surface area contributed by atoms with Crippen LogP contribution < -0.4 is 11.1 Å². The van der Waals surface area contributed by atoms with Gasteiger partial charge in [0.15, 0.2) is 6.23 Å². The van der Waals surface area contributed by atoms with Crippen LogP contribution >= 0.6 is 22.6 Å². The van der Waals surface area contributed by atoms with E-state index in [4.69, 9.17) is 15.6 Å². The predicted octanol–water partition coefficient (Wildman–Crippen LogP) is 4.87. The van der Waals surface area contributed by atoms with Gasteiger partial charge in [-0.05, 0) is 83.1 Å². The van der Waals surface area contributed by atoms with Crippen LogP contribution in [0.25, 0.3) is 16.9 Å². The molecule has 37 heavy (non-hydrogen) atoms. The van der Waals surface area contributed by atoms with Crippen LogP contribution in [0.3, 0.4) is 0 Å². The summed E-state index contributed by atoms with van der Waals surface area (Å²) in [5.41, 5.74) is 9.76. The first-order valence-corrected chi connectivity index (χ1v) is 12.6. The van der Waals surface area contributed by atoms with Crippen LogP contribution in [0.5, 0.6) is 0 Å². The Morgan fingerprint density at radius 3 is 2.59 bits per heavy atom. The molecule has 0 saturated carbocycles. The molecule has 0 radical (unpaired) electrons. The van der Waals surface area contributed by atoms with Gasteiger partial charge in [-0.15, -0.1) is 0 Å². The summed E-state index contributed by atoms with van der Waals surface area (Å²) in [4.78, 5) is 25.7. The number of carbonyl (C=O) groups is 2. The molecule has 0 bridgehead atoms. The summed E-state index contributed by atoms with van der Waals surface area (Å²) >= 11 is 2.13. The molecule has 3 aromatic carbocycles. The number of benzene rings is 3. The van der Waals surface area contributed by atoms with Crippen molar-refractivity contribution < 1.29 is 18.7 Å².